The first-order chi connectivity index (χ1) is 9.18. The third-order valence-corrected chi connectivity index (χ3v) is 4.55. The number of thioether (sulfide) groups is 1. The van der Waals surface area contributed by atoms with Crippen LogP contribution in [0.5, 0.6) is 0 Å². The Hall–Kier alpha value is -0.950. The van der Waals surface area contributed by atoms with Gasteiger partial charge in [-0.15, -0.1) is 0 Å². The molecule has 2 fully saturated rings. The highest BCUT2D eigenvalue weighted by atomic mass is 32.2. The summed E-state index contributed by atoms with van der Waals surface area (Å²) >= 11 is 1.58. The van der Waals surface area contributed by atoms with E-state index in [1.807, 2.05) is 0 Å². The molecule has 0 aromatic carbocycles. The second-order valence-electron chi connectivity index (χ2n) is 4.87. The van der Waals surface area contributed by atoms with Gasteiger partial charge in [-0.1, -0.05) is 0 Å². The second kappa shape index (κ2) is 7.00. The Morgan fingerprint density at radius 3 is 3.00 bits per heavy atom. The summed E-state index contributed by atoms with van der Waals surface area (Å²) in [5, 5.41) is 11.9. The smallest absolute Gasteiger partial charge is 0.327 e. The maximum atomic E-state index is 12.0. The monoisotopic (exact) mass is 288 g/mol. The molecule has 0 aromatic rings. The van der Waals surface area contributed by atoms with Gasteiger partial charge in [-0.2, -0.15) is 11.8 Å². The quantitative estimate of drug-likeness (QED) is 0.793. The fourth-order valence-corrected chi connectivity index (χ4v) is 3.39. The lowest BCUT2D eigenvalue weighted by Crippen LogP contribution is -2.54. The number of carboxylic acids is 1. The Balaban J connectivity index is 1.75. The van der Waals surface area contributed by atoms with E-state index in [1.165, 1.54) is 4.90 Å². The molecule has 0 spiro atoms. The Morgan fingerprint density at radius 2 is 2.32 bits per heavy atom. The molecule has 7 heteroatoms. The maximum absolute atomic E-state index is 12.0. The van der Waals surface area contributed by atoms with E-state index in [0.717, 1.165) is 31.8 Å². The van der Waals surface area contributed by atoms with Crippen molar-refractivity contribution in [1.82, 2.24) is 10.2 Å². The molecular weight excluding hydrogens is 268 g/mol. The molecule has 2 rings (SSSR count). The molecule has 2 aliphatic rings. The van der Waals surface area contributed by atoms with Crippen LogP contribution in [0.1, 0.15) is 12.8 Å². The average molecular weight is 288 g/mol. The topological polar surface area (TPSA) is 78.9 Å². The molecule has 2 amide bonds. The van der Waals surface area contributed by atoms with E-state index in [2.05, 4.69) is 5.32 Å². The lowest BCUT2D eigenvalue weighted by Gasteiger charge is -2.32. The first-order valence-corrected chi connectivity index (χ1v) is 7.76. The molecule has 6 nitrogen and oxygen atoms in total. The van der Waals surface area contributed by atoms with Gasteiger partial charge in [-0.05, 0) is 18.8 Å². The zero-order valence-electron chi connectivity index (χ0n) is 10.8. The Kier molecular flexibility index (Phi) is 5.33. The molecule has 0 aromatic heterocycles. The van der Waals surface area contributed by atoms with Crippen LogP contribution in [-0.2, 0) is 9.53 Å². The average Bonchev–Trinajstić information content (AvgIpc) is 2.91. The summed E-state index contributed by atoms with van der Waals surface area (Å²) < 4.78 is 5.28. The first-order valence-electron chi connectivity index (χ1n) is 6.61. The van der Waals surface area contributed by atoms with Crippen molar-refractivity contribution in [2.75, 3.05) is 37.8 Å². The van der Waals surface area contributed by atoms with Gasteiger partial charge >= 0.3 is 12.0 Å². The Morgan fingerprint density at radius 1 is 1.47 bits per heavy atom. The molecule has 0 bridgehead atoms. The van der Waals surface area contributed by atoms with Crippen molar-refractivity contribution in [1.29, 1.82) is 0 Å². The summed E-state index contributed by atoms with van der Waals surface area (Å²) in [5.41, 5.74) is 0. The largest absolute Gasteiger partial charge is 0.480 e. The van der Waals surface area contributed by atoms with Crippen LogP contribution in [0.25, 0.3) is 0 Å². The Bertz CT molecular complexity index is 334. The summed E-state index contributed by atoms with van der Waals surface area (Å²) in [6.07, 6.45) is 1.94. The molecule has 2 N–H and O–H groups in total. The number of nitrogens with zero attached hydrogens (tertiary/aromatic N) is 1. The number of amides is 2. The highest BCUT2D eigenvalue weighted by Gasteiger charge is 2.32. The zero-order valence-corrected chi connectivity index (χ0v) is 11.7. The van der Waals surface area contributed by atoms with Crippen molar-refractivity contribution in [2.24, 2.45) is 5.92 Å². The molecule has 2 unspecified atom stereocenters. The summed E-state index contributed by atoms with van der Waals surface area (Å²) in [5.74, 6) is 0.867. The van der Waals surface area contributed by atoms with Gasteiger partial charge in [0.05, 0.1) is 0 Å². The van der Waals surface area contributed by atoms with E-state index in [1.54, 1.807) is 11.8 Å². The van der Waals surface area contributed by atoms with Gasteiger partial charge in [0, 0.05) is 37.8 Å². The van der Waals surface area contributed by atoms with E-state index >= 15 is 0 Å². The Labute approximate surface area is 116 Å². The highest BCUT2D eigenvalue weighted by molar-refractivity contribution is 7.99. The molecule has 2 heterocycles. The van der Waals surface area contributed by atoms with Gasteiger partial charge < -0.3 is 20.1 Å². The number of ether oxygens (including phenoxy) is 1. The maximum Gasteiger partial charge on any atom is 0.327 e. The number of urea groups is 1. The van der Waals surface area contributed by atoms with Crippen LogP contribution < -0.4 is 5.32 Å². The molecular formula is C12H20N2O4S. The van der Waals surface area contributed by atoms with Crippen LogP contribution in [-0.4, -0.2) is 65.9 Å². The predicted octanol–water partition coefficient (Wildman–Crippen LogP) is 0.625. The number of aliphatic carboxylic acids is 1. The summed E-state index contributed by atoms with van der Waals surface area (Å²) in [6, 6.07) is -0.958. The fourth-order valence-electron chi connectivity index (χ4n) is 2.35. The molecule has 2 saturated heterocycles. The minimum absolute atomic E-state index is 0.258. The number of hydrogen-bond donors (Lipinski definition) is 2. The highest BCUT2D eigenvalue weighted by Crippen LogP contribution is 2.17. The van der Waals surface area contributed by atoms with Crippen LogP contribution >= 0.6 is 11.8 Å². The lowest BCUT2D eigenvalue weighted by atomic mass is 10.1. The zero-order chi connectivity index (χ0) is 13.7. The first kappa shape index (κ1) is 14.5. The van der Waals surface area contributed by atoms with Crippen molar-refractivity contribution in [3.63, 3.8) is 0 Å². The summed E-state index contributed by atoms with van der Waals surface area (Å²) in [7, 11) is 0. The van der Waals surface area contributed by atoms with E-state index in [0.29, 0.717) is 24.8 Å². The van der Waals surface area contributed by atoms with Crippen molar-refractivity contribution < 1.29 is 19.4 Å². The number of carbonyl (C=O) groups excluding carboxylic acids is 1. The summed E-state index contributed by atoms with van der Waals surface area (Å²) in [6.45, 7) is 2.67. The normalized spacial score (nSPS) is 27.3. The third-order valence-electron chi connectivity index (χ3n) is 3.53. The van der Waals surface area contributed by atoms with Crippen LogP contribution in [0.2, 0.25) is 0 Å². The van der Waals surface area contributed by atoms with Gasteiger partial charge in [0.1, 0.15) is 6.04 Å². The number of carboxylic acid groups (broad SMARTS) is 1. The van der Waals surface area contributed by atoms with Crippen LogP contribution in [0.3, 0.4) is 0 Å². The van der Waals surface area contributed by atoms with E-state index in [4.69, 9.17) is 9.84 Å². The minimum atomic E-state index is -0.924. The molecule has 2 aliphatic heterocycles. The lowest BCUT2D eigenvalue weighted by molar-refractivity contribution is -0.141. The SMILES string of the molecule is O=C(O)C1CSCCN1C(=O)NCCC1CCOC1. The molecule has 0 aliphatic carbocycles. The number of carbonyl (C=O) groups is 2. The van der Waals surface area contributed by atoms with Gasteiger partial charge in [-0.25, -0.2) is 9.59 Å². The number of rotatable bonds is 4. The van der Waals surface area contributed by atoms with E-state index in [-0.39, 0.29) is 6.03 Å². The van der Waals surface area contributed by atoms with E-state index < -0.39 is 12.0 Å². The van der Waals surface area contributed by atoms with Crippen molar-refractivity contribution in [3.05, 3.63) is 0 Å². The van der Waals surface area contributed by atoms with Crippen molar-refractivity contribution in [3.8, 4) is 0 Å². The molecule has 2 atom stereocenters. The fraction of sp³-hybridized carbons (Fsp3) is 0.833. The second-order valence-corrected chi connectivity index (χ2v) is 6.02. The predicted molar refractivity (Wildman–Crippen MR) is 72.4 cm³/mol. The van der Waals surface area contributed by atoms with Crippen molar-refractivity contribution >= 4 is 23.8 Å². The van der Waals surface area contributed by atoms with Crippen LogP contribution in [0.15, 0.2) is 0 Å². The van der Waals surface area contributed by atoms with Crippen molar-refractivity contribution in [2.45, 2.75) is 18.9 Å². The van der Waals surface area contributed by atoms with Gasteiger partial charge in [0.15, 0.2) is 0 Å². The van der Waals surface area contributed by atoms with Gasteiger partial charge in [-0.3, -0.25) is 0 Å². The van der Waals surface area contributed by atoms with Gasteiger partial charge in [0.25, 0.3) is 0 Å². The summed E-state index contributed by atoms with van der Waals surface area (Å²) in [4.78, 5) is 24.5. The third kappa shape index (κ3) is 4.01. The van der Waals surface area contributed by atoms with Crippen LogP contribution in [0.4, 0.5) is 4.79 Å². The van der Waals surface area contributed by atoms with Crippen LogP contribution in [0, 0.1) is 5.92 Å². The van der Waals surface area contributed by atoms with E-state index in [9.17, 15) is 9.59 Å². The standard InChI is InChI=1S/C12H20N2O4S/c15-11(16)10-8-19-6-4-14(10)12(17)13-3-1-9-2-5-18-7-9/h9-10H,1-8H2,(H,13,17)(H,15,16). The molecule has 0 saturated carbocycles. The van der Waals surface area contributed by atoms with Gasteiger partial charge in [0.2, 0.25) is 0 Å². The molecule has 19 heavy (non-hydrogen) atoms. The minimum Gasteiger partial charge on any atom is -0.480 e. The molecule has 0 radical (unpaired) electrons. The number of hydrogen-bond acceptors (Lipinski definition) is 4. The molecule has 108 valence electrons. The number of nitrogens with one attached hydrogen (secondary N) is 1.